The number of aromatic nitrogens is 1. The number of anilines is 1. The van der Waals surface area contributed by atoms with Gasteiger partial charge in [-0.3, -0.25) is 4.98 Å². The van der Waals surface area contributed by atoms with Crippen molar-refractivity contribution in [2.75, 3.05) is 18.0 Å². The van der Waals surface area contributed by atoms with E-state index >= 15 is 0 Å². The van der Waals surface area contributed by atoms with Crippen LogP contribution in [0.3, 0.4) is 0 Å². The van der Waals surface area contributed by atoms with E-state index in [0.717, 1.165) is 30.9 Å². The van der Waals surface area contributed by atoms with Crippen LogP contribution in [0.5, 0.6) is 0 Å². The second kappa shape index (κ2) is 4.35. The summed E-state index contributed by atoms with van der Waals surface area (Å²) < 4.78 is 0. The monoisotopic (exact) mass is 234 g/mol. The van der Waals surface area contributed by atoms with Crippen molar-refractivity contribution in [2.45, 2.75) is 27.2 Å². The first-order valence-electron chi connectivity index (χ1n) is 5.95. The van der Waals surface area contributed by atoms with Gasteiger partial charge in [0, 0.05) is 18.8 Å². The molecule has 1 N–H and O–H groups in total. The van der Waals surface area contributed by atoms with Crippen LogP contribution in [-0.4, -0.2) is 29.1 Å². The molecule has 0 aliphatic carbocycles. The third kappa shape index (κ3) is 2.25. The second-order valence-corrected chi connectivity index (χ2v) is 4.89. The molecule has 17 heavy (non-hydrogen) atoms. The van der Waals surface area contributed by atoms with E-state index in [4.69, 9.17) is 0 Å². The van der Waals surface area contributed by atoms with Crippen LogP contribution in [0.2, 0.25) is 0 Å². The molecule has 1 aromatic heterocycles. The van der Waals surface area contributed by atoms with Crippen molar-refractivity contribution in [1.82, 2.24) is 4.98 Å². The van der Waals surface area contributed by atoms with Crippen LogP contribution < -0.4 is 4.90 Å². The first-order chi connectivity index (χ1) is 7.99. The van der Waals surface area contributed by atoms with Crippen LogP contribution in [0.1, 0.15) is 35.1 Å². The molecular weight excluding hydrogens is 216 g/mol. The Morgan fingerprint density at radius 2 is 2.24 bits per heavy atom. The highest BCUT2D eigenvalue weighted by atomic mass is 16.4. The first-order valence-corrected chi connectivity index (χ1v) is 5.95. The predicted molar refractivity (Wildman–Crippen MR) is 66.7 cm³/mol. The third-order valence-corrected chi connectivity index (χ3v) is 3.29. The molecule has 1 aliphatic rings. The minimum atomic E-state index is -0.885. The minimum absolute atomic E-state index is 0.352. The standard InChI is InChI=1S/C13H18N2O2/c1-8-4-5-15(7-8)11-6-9(2)14-10(3)12(11)13(16)17/h6,8H,4-5,7H2,1-3H3,(H,16,17). The average molecular weight is 234 g/mol. The van der Waals surface area contributed by atoms with E-state index < -0.39 is 5.97 Å². The van der Waals surface area contributed by atoms with Crippen molar-refractivity contribution in [1.29, 1.82) is 0 Å². The number of carboxylic acids is 1. The number of rotatable bonds is 2. The molecule has 2 rings (SSSR count). The number of carboxylic acid groups (broad SMARTS) is 1. The second-order valence-electron chi connectivity index (χ2n) is 4.89. The van der Waals surface area contributed by atoms with Crippen molar-refractivity contribution in [3.63, 3.8) is 0 Å². The lowest BCUT2D eigenvalue weighted by molar-refractivity contribution is 0.0696. The molecule has 0 spiro atoms. The number of pyridine rings is 1. The maximum Gasteiger partial charge on any atom is 0.339 e. The van der Waals surface area contributed by atoms with E-state index in [0.29, 0.717) is 17.2 Å². The zero-order valence-electron chi connectivity index (χ0n) is 10.5. The molecule has 0 amide bonds. The molecule has 0 bridgehead atoms. The lowest BCUT2D eigenvalue weighted by Gasteiger charge is -2.21. The summed E-state index contributed by atoms with van der Waals surface area (Å²) in [4.78, 5) is 17.7. The number of nitrogens with zero attached hydrogens (tertiary/aromatic N) is 2. The van der Waals surface area contributed by atoms with Crippen LogP contribution in [0.15, 0.2) is 6.07 Å². The largest absolute Gasteiger partial charge is 0.478 e. The van der Waals surface area contributed by atoms with Crippen molar-refractivity contribution in [3.8, 4) is 0 Å². The summed E-state index contributed by atoms with van der Waals surface area (Å²) in [5.41, 5.74) is 2.66. The van der Waals surface area contributed by atoms with Gasteiger partial charge in [-0.05, 0) is 32.3 Å². The molecule has 2 heterocycles. The van der Waals surface area contributed by atoms with Gasteiger partial charge in [0.2, 0.25) is 0 Å². The van der Waals surface area contributed by atoms with Gasteiger partial charge in [0.1, 0.15) is 5.56 Å². The molecule has 0 radical (unpaired) electrons. The third-order valence-electron chi connectivity index (χ3n) is 3.29. The molecule has 1 aliphatic heterocycles. The summed E-state index contributed by atoms with van der Waals surface area (Å²) >= 11 is 0. The predicted octanol–water partition coefficient (Wildman–Crippen LogP) is 2.24. The fraction of sp³-hybridized carbons (Fsp3) is 0.538. The molecule has 1 atom stereocenters. The SMILES string of the molecule is Cc1cc(N2CCC(C)C2)c(C(=O)O)c(C)n1. The van der Waals surface area contributed by atoms with Crippen molar-refractivity contribution >= 4 is 11.7 Å². The summed E-state index contributed by atoms with van der Waals surface area (Å²) in [5.74, 6) is -0.255. The summed E-state index contributed by atoms with van der Waals surface area (Å²) in [5, 5.41) is 9.30. The van der Waals surface area contributed by atoms with Crippen LogP contribution in [0.4, 0.5) is 5.69 Å². The summed E-state index contributed by atoms with van der Waals surface area (Å²) in [6.45, 7) is 7.73. The van der Waals surface area contributed by atoms with Gasteiger partial charge >= 0.3 is 5.97 Å². The number of carbonyl (C=O) groups is 1. The maximum atomic E-state index is 11.3. The normalized spacial score (nSPS) is 19.7. The Morgan fingerprint density at radius 1 is 1.53 bits per heavy atom. The molecule has 1 aromatic rings. The molecule has 1 unspecified atom stereocenters. The van der Waals surface area contributed by atoms with Gasteiger partial charge in [0.25, 0.3) is 0 Å². The molecule has 1 fully saturated rings. The highest BCUT2D eigenvalue weighted by Crippen LogP contribution is 2.29. The number of hydrogen-bond donors (Lipinski definition) is 1. The van der Waals surface area contributed by atoms with Gasteiger partial charge in [-0.15, -0.1) is 0 Å². The number of aromatic carboxylic acids is 1. The van der Waals surface area contributed by atoms with Gasteiger partial charge in [0.15, 0.2) is 0 Å². The quantitative estimate of drug-likeness (QED) is 0.852. The molecule has 92 valence electrons. The first kappa shape index (κ1) is 11.9. The van der Waals surface area contributed by atoms with E-state index in [2.05, 4.69) is 16.8 Å². The topological polar surface area (TPSA) is 53.4 Å². The number of aryl methyl sites for hydroxylation is 2. The molecule has 1 saturated heterocycles. The van der Waals surface area contributed by atoms with Crippen LogP contribution >= 0.6 is 0 Å². The zero-order valence-corrected chi connectivity index (χ0v) is 10.5. The van der Waals surface area contributed by atoms with Crippen molar-refractivity contribution in [3.05, 3.63) is 23.0 Å². The van der Waals surface area contributed by atoms with Crippen LogP contribution in [-0.2, 0) is 0 Å². The summed E-state index contributed by atoms with van der Waals surface area (Å²) in [6, 6.07) is 1.88. The molecular formula is C13H18N2O2. The molecule has 4 nitrogen and oxygen atoms in total. The van der Waals surface area contributed by atoms with Gasteiger partial charge in [0.05, 0.1) is 11.4 Å². The molecule has 4 heteroatoms. The fourth-order valence-corrected chi connectivity index (χ4v) is 2.48. The summed E-state index contributed by atoms with van der Waals surface area (Å²) in [7, 11) is 0. The van der Waals surface area contributed by atoms with E-state index in [1.54, 1.807) is 6.92 Å². The lowest BCUT2D eigenvalue weighted by atomic mass is 10.1. The molecule has 0 saturated carbocycles. The van der Waals surface area contributed by atoms with E-state index in [9.17, 15) is 9.90 Å². The lowest BCUT2D eigenvalue weighted by Crippen LogP contribution is -2.23. The maximum absolute atomic E-state index is 11.3. The summed E-state index contributed by atoms with van der Waals surface area (Å²) in [6.07, 6.45) is 1.12. The number of hydrogen-bond acceptors (Lipinski definition) is 3. The smallest absolute Gasteiger partial charge is 0.339 e. The van der Waals surface area contributed by atoms with Gasteiger partial charge in [-0.2, -0.15) is 0 Å². The fourth-order valence-electron chi connectivity index (χ4n) is 2.48. The van der Waals surface area contributed by atoms with Gasteiger partial charge in [-0.1, -0.05) is 6.92 Å². The average Bonchev–Trinajstić information content (AvgIpc) is 2.62. The Bertz CT molecular complexity index is 457. The molecule has 0 aromatic carbocycles. The highest BCUT2D eigenvalue weighted by molar-refractivity contribution is 5.95. The Labute approximate surface area is 101 Å². The zero-order chi connectivity index (χ0) is 12.6. The Balaban J connectivity index is 2.47. The van der Waals surface area contributed by atoms with E-state index in [-0.39, 0.29) is 0 Å². The van der Waals surface area contributed by atoms with E-state index in [1.165, 1.54) is 0 Å². The van der Waals surface area contributed by atoms with Gasteiger partial charge in [-0.25, -0.2) is 4.79 Å². The Morgan fingerprint density at radius 3 is 2.76 bits per heavy atom. The van der Waals surface area contributed by atoms with Crippen LogP contribution in [0.25, 0.3) is 0 Å². The minimum Gasteiger partial charge on any atom is -0.478 e. The highest BCUT2D eigenvalue weighted by Gasteiger charge is 2.25. The van der Waals surface area contributed by atoms with Gasteiger partial charge < -0.3 is 10.0 Å². The Kier molecular flexibility index (Phi) is 3.05. The van der Waals surface area contributed by atoms with E-state index in [1.807, 2.05) is 13.0 Å². The van der Waals surface area contributed by atoms with Crippen molar-refractivity contribution in [2.24, 2.45) is 5.92 Å². The van der Waals surface area contributed by atoms with Crippen molar-refractivity contribution < 1.29 is 9.90 Å². The Hall–Kier alpha value is -1.58. The van der Waals surface area contributed by atoms with Crippen LogP contribution in [0, 0.1) is 19.8 Å².